The van der Waals surface area contributed by atoms with E-state index >= 15 is 0 Å². The molecule has 8 nitrogen and oxygen atoms in total. The molecule has 2 aromatic rings. The number of aromatic amines is 2. The Morgan fingerprint density at radius 3 is 2.52 bits per heavy atom. The van der Waals surface area contributed by atoms with Crippen LogP contribution in [0.4, 0.5) is 0 Å². The van der Waals surface area contributed by atoms with E-state index in [-0.39, 0.29) is 37.0 Å². The first-order valence-corrected chi connectivity index (χ1v) is 5.91. The van der Waals surface area contributed by atoms with Crippen LogP contribution in [0.25, 0.3) is 11.0 Å². The maximum absolute atomic E-state index is 11.6. The van der Waals surface area contributed by atoms with Crippen molar-refractivity contribution < 1.29 is 15.3 Å². The molecule has 1 aliphatic rings. The third-order valence-corrected chi connectivity index (χ3v) is 3.53. The van der Waals surface area contributed by atoms with E-state index in [4.69, 9.17) is 5.11 Å². The molecule has 1 saturated heterocycles. The van der Waals surface area contributed by atoms with Crippen molar-refractivity contribution in [1.82, 2.24) is 20.3 Å². The van der Waals surface area contributed by atoms with E-state index in [2.05, 4.69) is 20.3 Å². The number of hydrogen-bond acceptors (Lipinski definition) is 6. The Labute approximate surface area is 131 Å². The maximum atomic E-state index is 11.6. The molecule has 2 aromatic heterocycles. The number of aromatic nitrogens is 3. The second-order valence-electron chi connectivity index (χ2n) is 4.61. The van der Waals surface area contributed by atoms with Crippen molar-refractivity contribution in [2.45, 2.75) is 24.3 Å². The molecular formula is C11H16Cl2N4O4. The summed E-state index contributed by atoms with van der Waals surface area (Å²) < 4.78 is 0. The van der Waals surface area contributed by atoms with Gasteiger partial charge in [0.1, 0.15) is 17.1 Å². The van der Waals surface area contributed by atoms with Crippen LogP contribution in [0.15, 0.2) is 17.3 Å². The summed E-state index contributed by atoms with van der Waals surface area (Å²) in [5, 5.41) is 31.8. The Bertz CT molecular complexity index is 661. The first kappa shape index (κ1) is 17.9. The summed E-state index contributed by atoms with van der Waals surface area (Å²) >= 11 is 0. The second-order valence-corrected chi connectivity index (χ2v) is 4.61. The molecule has 1 fully saturated rings. The van der Waals surface area contributed by atoms with Gasteiger partial charge in [-0.25, -0.2) is 4.98 Å². The quantitative estimate of drug-likeness (QED) is 0.408. The minimum atomic E-state index is -1.07. The molecule has 1 aliphatic heterocycles. The average molecular weight is 339 g/mol. The van der Waals surface area contributed by atoms with Crippen LogP contribution in [0.2, 0.25) is 0 Å². The Morgan fingerprint density at radius 2 is 1.90 bits per heavy atom. The zero-order valence-electron chi connectivity index (χ0n) is 10.7. The highest BCUT2D eigenvalue weighted by Crippen LogP contribution is 2.30. The van der Waals surface area contributed by atoms with E-state index in [0.29, 0.717) is 16.6 Å². The molecule has 0 spiro atoms. The molecule has 0 aliphatic carbocycles. The van der Waals surface area contributed by atoms with Crippen LogP contribution in [0.3, 0.4) is 0 Å². The van der Waals surface area contributed by atoms with Crippen molar-refractivity contribution in [1.29, 1.82) is 0 Å². The third-order valence-electron chi connectivity index (χ3n) is 3.53. The molecule has 6 N–H and O–H groups in total. The van der Waals surface area contributed by atoms with Gasteiger partial charge in [0.2, 0.25) is 0 Å². The van der Waals surface area contributed by atoms with Crippen molar-refractivity contribution >= 4 is 35.8 Å². The number of H-pyrrole nitrogens is 2. The molecule has 0 radical (unpaired) electrons. The lowest BCUT2D eigenvalue weighted by molar-refractivity contribution is 0.0196. The number of halogens is 2. The van der Waals surface area contributed by atoms with Crippen LogP contribution in [0.1, 0.15) is 11.6 Å². The van der Waals surface area contributed by atoms with E-state index in [0.717, 1.165) is 0 Å². The molecule has 21 heavy (non-hydrogen) atoms. The molecule has 4 atom stereocenters. The fourth-order valence-electron chi connectivity index (χ4n) is 2.51. The number of aliphatic hydroxyl groups excluding tert-OH is 3. The number of nitrogens with zero attached hydrogens (tertiary/aromatic N) is 1. The molecule has 3 heterocycles. The summed E-state index contributed by atoms with van der Waals surface area (Å²) in [4.78, 5) is 20.9. The van der Waals surface area contributed by atoms with E-state index in [1.165, 1.54) is 6.33 Å². The van der Waals surface area contributed by atoms with Crippen LogP contribution in [-0.4, -0.2) is 55.1 Å². The van der Waals surface area contributed by atoms with Gasteiger partial charge in [0, 0.05) is 11.8 Å². The van der Waals surface area contributed by atoms with E-state index < -0.39 is 24.3 Å². The highest BCUT2D eigenvalue weighted by atomic mass is 35.5. The lowest BCUT2D eigenvalue weighted by Gasteiger charge is -2.14. The normalized spacial score (nSPS) is 28.1. The van der Waals surface area contributed by atoms with Gasteiger partial charge in [-0.05, 0) is 0 Å². The summed E-state index contributed by atoms with van der Waals surface area (Å²) in [6, 6.07) is -1.19. The average Bonchev–Trinajstić information content (AvgIpc) is 2.94. The molecule has 0 amide bonds. The van der Waals surface area contributed by atoms with Crippen molar-refractivity contribution in [3.05, 3.63) is 28.4 Å². The largest absolute Gasteiger partial charge is 0.395 e. The van der Waals surface area contributed by atoms with Crippen LogP contribution in [-0.2, 0) is 0 Å². The van der Waals surface area contributed by atoms with Gasteiger partial charge in [0.25, 0.3) is 5.56 Å². The van der Waals surface area contributed by atoms with Gasteiger partial charge in [0.05, 0.1) is 31.1 Å². The van der Waals surface area contributed by atoms with Gasteiger partial charge in [-0.15, -0.1) is 24.8 Å². The lowest BCUT2D eigenvalue weighted by Crippen LogP contribution is -2.35. The van der Waals surface area contributed by atoms with Gasteiger partial charge in [-0.1, -0.05) is 0 Å². The maximum Gasteiger partial charge on any atom is 0.275 e. The molecule has 0 bridgehead atoms. The monoisotopic (exact) mass is 338 g/mol. The van der Waals surface area contributed by atoms with Gasteiger partial charge in [-0.3, -0.25) is 4.79 Å². The molecular weight excluding hydrogens is 323 g/mol. The lowest BCUT2D eigenvalue weighted by atomic mass is 10.0. The van der Waals surface area contributed by atoms with Crippen molar-refractivity contribution in [3.8, 4) is 0 Å². The minimum Gasteiger partial charge on any atom is -0.395 e. The van der Waals surface area contributed by atoms with Crippen LogP contribution in [0, 0.1) is 0 Å². The number of rotatable bonds is 2. The van der Waals surface area contributed by atoms with Gasteiger partial charge in [0.15, 0.2) is 0 Å². The zero-order valence-corrected chi connectivity index (χ0v) is 12.3. The van der Waals surface area contributed by atoms with Crippen LogP contribution < -0.4 is 10.9 Å². The Balaban J connectivity index is 0.00000110. The number of hydrogen-bond donors (Lipinski definition) is 6. The van der Waals surface area contributed by atoms with Gasteiger partial charge in [-0.2, -0.15) is 0 Å². The van der Waals surface area contributed by atoms with Crippen molar-refractivity contribution in [2.75, 3.05) is 6.61 Å². The number of nitrogens with one attached hydrogen (secondary N) is 3. The van der Waals surface area contributed by atoms with Crippen LogP contribution >= 0.6 is 24.8 Å². The fourth-order valence-corrected chi connectivity index (χ4v) is 2.51. The highest BCUT2D eigenvalue weighted by molar-refractivity contribution is 5.85. The fraction of sp³-hybridized carbons (Fsp3) is 0.455. The minimum absolute atomic E-state index is 0. The first-order valence-electron chi connectivity index (χ1n) is 5.91. The highest BCUT2D eigenvalue weighted by Gasteiger charge is 2.42. The molecule has 0 unspecified atom stereocenters. The number of fused-ring (bicyclic) bond motifs is 1. The molecule has 118 valence electrons. The second kappa shape index (κ2) is 6.73. The Morgan fingerprint density at radius 1 is 1.19 bits per heavy atom. The zero-order chi connectivity index (χ0) is 13.6. The molecule has 10 heteroatoms. The smallest absolute Gasteiger partial charge is 0.275 e. The van der Waals surface area contributed by atoms with Gasteiger partial charge < -0.3 is 30.6 Å². The molecule has 0 aromatic carbocycles. The SMILES string of the molecule is Cl.Cl.O=c1[nH]cnc2c([C@@H]3N[C@H](CO)[C@@H](O)[C@@H]3O)c[nH]c12. The van der Waals surface area contributed by atoms with E-state index in [1.54, 1.807) is 6.20 Å². The molecule has 0 saturated carbocycles. The number of aliphatic hydroxyl groups is 3. The summed E-state index contributed by atoms with van der Waals surface area (Å²) in [6.07, 6.45) is 0.711. The summed E-state index contributed by atoms with van der Waals surface area (Å²) in [7, 11) is 0. The Kier molecular flexibility index (Phi) is 5.74. The van der Waals surface area contributed by atoms with Gasteiger partial charge >= 0.3 is 0 Å². The van der Waals surface area contributed by atoms with Crippen molar-refractivity contribution in [2.24, 2.45) is 0 Å². The summed E-state index contributed by atoms with van der Waals surface area (Å²) in [5.41, 5.74) is 1.03. The first-order chi connectivity index (χ1) is 9.13. The topological polar surface area (TPSA) is 134 Å². The van der Waals surface area contributed by atoms with Crippen molar-refractivity contribution in [3.63, 3.8) is 0 Å². The predicted octanol–water partition coefficient (Wildman–Crippen LogP) is -1.18. The van der Waals surface area contributed by atoms with E-state index in [9.17, 15) is 15.0 Å². The summed E-state index contributed by atoms with van der Waals surface area (Å²) in [6.45, 7) is -0.287. The van der Waals surface area contributed by atoms with Crippen LogP contribution in [0.5, 0.6) is 0 Å². The Hall–Kier alpha value is -1.16. The standard InChI is InChI=1S/C11H14N4O4.2ClH/c16-2-5-9(17)10(18)7(15-5)4-1-12-8-6(4)13-3-14-11(8)19;;/h1,3,5,7,9-10,12,15-18H,2H2,(H,13,14,19);2*1H/t5-,7+,9-,10-;;/m1../s1. The van der Waals surface area contributed by atoms with E-state index in [1.807, 2.05) is 0 Å². The summed E-state index contributed by atoms with van der Waals surface area (Å²) in [5.74, 6) is 0. The molecule has 3 rings (SSSR count). The third kappa shape index (κ3) is 2.78. The predicted molar refractivity (Wildman–Crippen MR) is 80.0 cm³/mol.